The van der Waals surface area contributed by atoms with Gasteiger partial charge in [-0.3, -0.25) is 4.79 Å². The Balaban J connectivity index is 2.15. The summed E-state index contributed by atoms with van der Waals surface area (Å²) >= 11 is 0. The predicted octanol–water partition coefficient (Wildman–Crippen LogP) is 2.56. The molecule has 0 fully saturated rings. The van der Waals surface area contributed by atoms with Crippen LogP contribution in [0.1, 0.15) is 17.2 Å². The number of sulfone groups is 1. The van der Waals surface area contributed by atoms with Gasteiger partial charge in [0.2, 0.25) is 0 Å². The summed E-state index contributed by atoms with van der Waals surface area (Å²) in [5.74, 6) is -0.376. The normalized spacial score (nSPS) is 12.6. The van der Waals surface area contributed by atoms with Crippen LogP contribution < -0.4 is 5.32 Å². The molecule has 0 bridgehead atoms. The van der Waals surface area contributed by atoms with E-state index in [0.29, 0.717) is 11.3 Å². The number of carbonyl (C=O) groups is 1. The Hall–Kier alpha value is -2.18. The van der Waals surface area contributed by atoms with Crippen LogP contribution >= 0.6 is 0 Å². The first-order chi connectivity index (χ1) is 10.9. The summed E-state index contributed by atoms with van der Waals surface area (Å²) in [4.78, 5) is 12.4. The van der Waals surface area contributed by atoms with E-state index in [-0.39, 0.29) is 11.7 Å². The molecular weight excluding hydrogens is 314 g/mol. The van der Waals surface area contributed by atoms with Crippen molar-refractivity contribution in [2.45, 2.75) is 11.9 Å². The fourth-order valence-electron chi connectivity index (χ4n) is 2.27. The maximum atomic E-state index is 12.4. The minimum absolute atomic E-state index is 0.0664. The Morgan fingerprint density at radius 1 is 1.13 bits per heavy atom. The molecule has 0 spiro atoms. The van der Waals surface area contributed by atoms with Gasteiger partial charge in [-0.25, -0.2) is 8.42 Å². The lowest BCUT2D eigenvalue weighted by Gasteiger charge is -2.16. The Morgan fingerprint density at radius 3 is 2.43 bits per heavy atom. The molecule has 1 atom stereocenters. The minimum atomic E-state index is -3.12. The van der Waals surface area contributed by atoms with E-state index in [9.17, 15) is 13.2 Å². The summed E-state index contributed by atoms with van der Waals surface area (Å²) in [5, 5.41) is 2.76. The number of anilines is 1. The zero-order chi connectivity index (χ0) is 16.9. The highest BCUT2D eigenvalue weighted by Gasteiger charge is 2.20. The standard InChI is InChI=1S/C17H19NO4S/c1-22-16(14-8-4-3-5-9-14)17(19)18-15-10-6-7-13(11-15)12-23(2,20)21/h3-11,16H,12H2,1-2H3,(H,18,19)/t16-/m0/s1. The molecule has 0 radical (unpaired) electrons. The number of ether oxygens (including phenoxy) is 1. The number of hydrogen-bond acceptors (Lipinski definition) is 4. The average molecular weight is 333 g/mol. The number of nitrogens with one attached hydrogen (secondary N) is 1. The second-order valence-electron chi connectivity index (χ2n) is 5.29. The van der Waals surface area contributed by atoms with Crippen molar-refractivity contribution >= 4 is 21.4 Å². The van der Waals surface area contributed by atoms with Crippen molar-refractivity contribution in [1.82, 2.24) is 0 Å². The molecular formula is C17H19NO4S. The number of benzene rings is 2. The maximum absolute atomic E-state index is 12.4. The quantitative estimate of drug-likeness (QED) is 0.882. The van der Waals surface area contributed by atoms with Gasteiger partial charge in [0.15, 0.2) is 15.9 Å². The SMILES string of the molecule is CO[C@H](C(=O)Nc1cccc(CS(C)(=O)=O)c1)c1ccccc1. The Kier molecular flexibility index (Phi) is 5.52. The van der Waals surface area contributed by atoms with Crippen molar-refractivity contribution in [3.05, 3.63) is 65.7 Å². The van der Waals surface area contributed by atoms with Crippen molar-refractivity contribution < 1.29 is 17.9 Å². The van der Waals surface area contributed by atoms with Gasteiger partial charge in [-0.15, -0.1) is 0 Å². The van der Waals surface area contributed by atoms with E-state index in [1.165, 1.54) is 13.4 Å². The zero-order valence-electron chi connectivity index (χ0n) is 13.0. The van der Waals surface area contributed by atoms with Crippen molar-refractivity contribution in [2.75, 3.05) is 18.7 Å². The van der Waals surface area contributed by atoms with Crippen molar-refractivity contribution in [2.24, 2.45) is 0 Å². The molecule has 0 saturated carbocycles. The van der Waals surface area contributed by atoms with E-state index in [0.717, 1.165) is 5.56 Å². The monoisotopic (exact) mass is 333 g/mol. The first-order valence-corrected chi connectivity index (χ1v) is 9.10. The van der Waals surface area contributed by atoms with Crippen LogP contribution in [-0.4, -0.2) is 27.7 Å². The third-order valence-corrected chi connectivity index (χ3v) is 4.06. The van der Waals surface area contributed by atoms with Gasteiger partial charge in [0.1, 0.15) is 0 Å². The van der Waals surface area contributed by atoms with Gasteiger partial charge in [0, 0.05) is 19.1 Å². The molecule has 0 aliphatic carbocycles. The predicted molar refractivity (Wildman–Crippen MR) is 89.8 cm³/mol. The molecule has 0 saturated heterocycles. The van der Waals surface area contributed by atoms with Crippen LogP contribution in [0.4, 0.5) is 5.69 Å². The van der Waals surface area contributed by atoms with Gasteiger partial charge in [-0.05, 0) is 23.3 Å². The molecule has 2 rings (SSSR count). The summed E-state index contributed by atoms with van der Waals surface area (Å²) < 4.78 is 28.0. The maximum Gasteiger partial charge on any atom is 0.258 e. The summed E-state index contributed by atoms with van der Waals surface area (Å²) in [7, 11) is -1.65. The van der Waals surface area contributed by atoms with E-state index < -0.39 is 15.9 Å². The van der Waals surface area contributed by atoms with Crippen LogP contribution in [-0.2, 0) is 25.1 Å². The van der Waals surface area contributed by atoms with Crippen LogP contribution in [0.2, 0.25) is 0 Å². The fourth-order valence-corrected chi connectivity index (χ4v) is 3.06. The molecule has 0 heterocycles. The summed E-state index contributed by atoms with van der Waals surface area (Å²) in [6.45, 7) is 0. The highest BCUT2D eigenvalue weighted by atomic mass is 32.2. The van der Waals surface area contributed by atoms with Gasteiger partial charge in [-0.2, -0.15) is 0 Å². The van der Waals surface area contributed by atoms with Gasteiger partial charge in [-0.1, -0.05) is 42.5 Å². The van der Waals surface area contributed by atoms with Crippen LogP contribution in [0, 0.1) is 0 Å². The fraction of sp³-hybridized carbons (Fsp3) is 0.235. The number of carbonyl (C=O) groups excluding carboxylic acids is 1. The smallest absolute Gasteiger partial charge is 0.258 e. The average Bonchev–Trinajstić information content (AvgIpc) is 2.47. The van der Waals surface area contributed by atoms with Crippen molar-refractivity contribution in [1.29, 1.82) is 0 Å². The second-order valence-corrected chi connectivity index (χ2v) is 7.43. The Bertz CT molecular complexity index is 772. The molecule has 5 nitrogen and oxygen atoms in total. The van der Waals surface area contributed by atoms with Crippen LogP contribution in [0.3, 0.4) is 0 Å². The van der Waals surface area contributed by atoms with Crippen LogP contribution in [0.25, 0.3) is 0 Å². The molecule has 0 aliphatic rings. The minimum Gasteiger partial charge on any atom is -0.367 e. The van der Waals surface area contributed by atoms with Crippen molar-refractivity contribution in [3.63, 3.8) is 0 Å². The Labute approximate surface area is 136 Å². The molecule has 1 N–H and O–H groups in total. The number of methoxy groups -OCH3 is 1. The number of amides is 1. The lowest BCUT2D eigenvalue weighted by atomic mass is 10.1. The van der Waals surface area contributed by atoms with E-state index in [1.54, 1.807) is 24.3 Å². The number of rotatable bonds is 6. The molecule has 0 unspecified atom stereocenters. The van der Waals surface area contributed by atoms with Gasteiger partial charge in [0.05, 0.1) is 5.75 Å². The molecule has 23 heavy (non-hydrogen) atoms. The molecule has 0 aromatic heterocycles. The van der Waals surface area contributed by atoms with Crippen LogP contribution in [0.15, 0.2) is 54.6 Å². The van der Waals surface area contributed by atoms with Gasteiger partial charge >= 0.3 is 0 Å². The van der Waals surface area contributed by atoms with E-state index in [2.05, 4.69) is 5.32 Å². The number of hydrogen-bond donors (Lipinski definition) is 1. The van der Waals surface area contributed by atoms with E-state index in [4.69, 9.17) is 4.74 Å². The summed E-state index contributed by atoms with van der Waals surface area (Å²) in [6.07, 6.45) is 0.448. The first-order valence-electron chi connectivity index (χ1n) is 7.04. The topological polar surface area (TPSA) is 72.5 Å². The molecule has 122 valence electrons. The summed E-state index contributed by atoms with van der Waals surface area (Å²) in [6, 6.07) is 15.9. The third kappa shape index (κ3) is 5.19. The largest absolute Gasteiger partial charge is 0.367 e. The lowest BCUT2D eigenvalue weighted by Crippen LogP contribution is -2.22. The summed E-state index contributed by atoms with van der Waals surface area (Å²) in [5.41, 5.74) is 1.91. The van der Waals surface area contributed by atoms with Crippen molar-refractivity contribution in [3.8, 4) is 0 Å². The van der Waals surface area contributed by atoms with Gasteiger partial charge in [0.25, 0.3) is 5.91 Å². The van der Waals surface area contributed by atoms with Crippen LogP contribution in [0.5, 0.6) is 0 Å². The molecule has 6 heteroatoms. The first kappa shape index (κ1) is 17.2. The highest BCUT2D eigenvalue weighted by Crippen LogP contribution is 2.20. The highest BCUT2D eigenvalue weighted by molar-refractivity contribution is 7.89. The lowest BCUT2D eigenvalue weighted by molar-refractivity contribution is -0.126. The second kappa shape index (κ2) is 7.39. The third-order valence-electron chi connectivity index (χ3n) is 3.20. The van der Waals surface area contributed by atoms with E-state index >= 15 is 0 Å². The molecule has 2 aromatic rings. The molecule has 2 aromatic carbocycles. The zero-order valence-corrected chi connectivity index (χ0v) is 13.8. The van der Waals surface area contributed by atoms with E-state index in [1.807, 2.05) is 30.3 Å². The molecule has 1 amide bonds. The molecule has 0 aliphatic heterocycles. The van der Waals surface area contributed by atoms with Gasteiger partial charge < -0.3 is 10.1 Å². The Morgan fingerprint density at radius 2 is 1.83 bits per heavy atom.